The average molecular weight is 362 g/mol. The van der Waals surface area contributed by atoms with Crippen LogP contribution < -0.4 is 5.32 Å². The van der Waals surface area contributed by atoms with Crippen molar-refractivity contribution in [3.63, 3.8) is 0 Å². The predicted octanol–water partition coefficient (Wildman–Crippen LogP) is 2.61. The second-order valence-corrected chi connectivity index (χ2v) is 7.05. The van der Waals surface area contributed by atoms with Crippen LogP contribution in [0.4, 0.5) is 0 Å². The number of nitrogens with one attached hydrogen (secondary N) is 1. The van der Waals surface area contributed by atoms with Gasteiger partial charge in [0.05, 0.1) is 0 Å². The first kappa shape index (κ1) is 21.7. The van der Waals surface area contributed by atoms with E-state index in [1.807, 2.05) is 47.6 Å². The molecule has 26 heavy (non-hydrogen) atoms. The van der Waals surface area contributed by atoms with Crippen molar-refractivity contribution in [2.45, 2.75) is 66.7 Å². The van der Waals surface area contributed by atoms with Gasteiger partial charge in [0.1, 0.15) is 6.54 Å². The van der Waals surface area contributed by atoms with Crippen LogP contribution in [0.5, 0.6) is 0 Å². The summed E-state index contributed by atoms with van der Waals surface area (Å²) >= 11 is 0. The number of hydrogen-bond acceptors (Lipinski definition) is 4. The lowest BCUT2D eigenvalue weighted by Gasteiger charge is -2.32. The van der Waals surface area contributed by atoms with Crippen molar-refractivity contribution in [3.05, 3.63) is 34.9 Å². The minimum absolute atomic E-state index is 0.00753. The zero-order chi connectivity index (χ0) is 20.0. The van der Waals surface area contributed by atoms with Gasteiger partial charge in [-0.05, 0) is 71.7 Å². The van der Waals surface area contributed by atoms with Crippen LogP contribution in [0.2, 0.25) is 0 Å². The van der Waals surface area contributed by atoms with Gasteiger partial charge in [-0.2, -0.15) is 0 Å². The number of ether oxygens (including phenoxy) is 1. The molecule has 0 bridgehead atoms. The fourth-order valence-electron chi connectivity index (χ4n) is 2.74. The third-order valence-electron chi connectivity index (χ3n) is 4.19. The summed E-state index contributed by atoms with van der Waals surface area (Å²) in [6.45, 7) is 12.8. The molecule has 0 aliphatic heterocycles. The molecule has 0 saturated heterocycles. The lowest BCUT2D eigenvalue weighted by molar-refractivity contribution is -0.160. The fourth-order valence-corrected chi connectivity index (χ4v) is 2.74. The second-order valence-electron chi connectivity index (χ2n) is 7.05. The minimum Gasteiger partial charge on any atom is -0.451 e. The standard InChI is InChI=1S/C20H30N2O4/c1-12(2)22(13(3)4)20(25)16(7)26-18(23)11-21-19(24)17-9-8-14(5)15(6)10-17/h8-10,12-13,16H,11H2,1-7H3,(H,21,24)/t16-/m1/s1. The zero-order valence-electron chi connectivity index (χ0n) is 16.8. The summed E-state index contributed by atoms with van der Waals surface area (Å²) in [5.41, 5.74) is 2.57. The molecule has 0 aliphatic rings. The Kier molecular flexibility index (Phi) is 7.80. The molecule has 6 nitrogen and oxygen atoms in total. The normalized spacial score (nSPS) is 12.0. The Morgan fingerprint density at radius 3 is 2.08 bits per heavy atom. The molecule has 1 rings (SSSR count). The summed E-state index contributed by atoms with van der Waals surface area (Å²) in [5, 5.41) is 2.53. The van der Waals surface area contributed by atoms with Crippen LogP contribution in [0.25, 0.3) is 0 Å². The SMILES string of the molecule is Cc1ccc(C(=O)NCC(=O)O[C@H](C)C(=O)N(C(C)C)C(C)C)cc1C. The Morgan fingerprint density at radius 2 is 1.58 bits per heavy atom. The molecule has 0 spiro atoms. The number of amides is 2. The van der Waals surface area contributed by atoms with E-state index in [-0.39, 0.29) is 30.4 Å². The van der Waals surface area contributed by atoms with E-state index in [1.54, 1.807) is 24.0 Å². The largest absolute Gasteiger partial charge is 0.451 e. The molecular weight excluding hydrogens is 332 g/mol. The Morgan fingerprint density at radius 1 is 1.00 bits per heavy atom. The van der Waals surface area contributed by atoms with Gasteiger partial charge in [-0.1, -0.05) is 6.07 Å². The molecule has 2 amide bonds. The number of rotatable bonds is 7. The number of esters is 1. The molecule has 6 heteroatoms. The van der Waals surface area contributed by atoms with E-state index >= 15 is 0 Å². The molecule has 0 heterocycles. The molecule has 0 saturated carbocycles. The van der Waals surface area contributed by atoms with Gasteiger partial charge < -0.3 is 15.0 Å². The van der Waals surface area contributed by atoms with Crippen LogP contribution in [0.15, 0.2) is 18.2 Å². The van der Waals surface area contributed by atoms with Gasteiger partial charge in [0.15, 0.2) is 6.10 Å². The minimum atomic E-state index is -0.897. The molecule has 0 unspecified atom stereocenters. The van der Waals surface area contributed by atoms with Crippen LogP contribution in [0.3, 0.4) is 0 Å². The van der Waals surface area contributed by atoms with E-state index in [0.29, 0.717) is 5.56 Å². The summed E-state index contributed by atoms with van der Waals surface area (Å²) in [4.78, 5) is 38.2. The van der Waals surface area contributed by atoms with Gasteiger partial charge >= 0.3 is 5.97 Å². The number of nitrogens with zero attached hydrogens (tertiary/aromatic N) is 1. The van der Waals surface area contributed by atoms with Crippen molar-refractivity contribution in [1.29, 1.82) is 0 Å². The second kappa shape index (κ2) is 9.36. The highest BCUT2D eigenvalue weighted by atomic mass is 16.5. The monoisotopic (exact) mass is 362 g/mol. The highest BCUT2D eigenvalue weighted by Crippen LogP contribution is 2.11. The van der Waals surface area contributed by atoms with Gasteiger partial charge in [0.25, 0.3) is 11.8 Å². The average Bonchev–Trinajstić information content (AvgIpc) is 2.54. The zero-order valence-corrected chi connectivity index (χ0v) is 16.8. The first-order chi connectivity index (χ1) is 12.0. The Balaban J connectivity index is 2.59. The summed E-state index contributed by atoms with van der Waals surface area (Å²) in [6.07, 6.45) is -0.897. The first-order valence-corrected chi connectivity index (χ1v) is 8.91. The molecule has 1 aromatic carbocycles. The van der Waals surface area contributed by atoms with Crippen LogP contribution in [-0.4, -0.2) is 47.4 Å². The third-order valence-corrected chi connectivity index (χ3v) is 4.19. The lowest BCUT2D eigenvalue weighted by atomic mass is 10.1. The maximum absolute atomic E-state index is 12.5. The maximum atomic E-state index is 12.5. The van der Waals surface area contributed by atoms with Crippen molar-refractivity contribution in [2.24, 2.45) is 0 Å². The van der Waals surface area contributed by atoms with E-state index in [2.05, 4.69) is 5.32 Å². The van der Waals surface area contributed by atoms with Crippen LogP contribution >= 0.6 is 0 Å². The number of aryl methyl sites for hydroxylation is 2. The third kappa shape index (κ3) is 5.86. The quantitative estimate of drug-likeness (QED) is 0.757. The Hall–Kier alpha value is -2.37. The smallest absolute Gasteiger partial charge is 0.326 e. The van der Waals surface area contributed by atoms with Gasteiger partial charge in [0, 0.05) is 17.6 Å². The summed E-state index contributed by atoms with van der Waals surface area (Å²) in [6, 6.07) is 5.35. The summed E-state index contributed by atoms with van der Waals surface area (Å²) in [5.74, 6) is -1.24. The molecule has 0 aliphatic carbocycles. The van der Waals surface area contributed by atoms with E-state index in [4.69, 9.17) is 4.74 Å². The van der Waals surface area contributed by atoms with Crippen molar-refractivity contribution in [2.75, 3.05) is 6.54 Å². The van der Waals surface area contributed by atoms with Gasteiger partial charge in [-0.3, -0.25) is 14.4 Å². The molecule has 0 radical (unpaired) electrons. The fraction of sp³-hybridized carbons (Fsp3) is 0.550. The van der Waals surface area contributed by atoms with Crippen LogP contribution in [-0.2, 0) is 14.3 Å². The Labute approximate surface area is 155 Å². The van der Waals surface area contributed by atoms with Crippen LogP contribution in [0, 0.1) is 13.8 Å². The highest BCUT2D eigenvalue weighted by molar-refractivity contribution is 5.96. The van der Waals surface area contributed by atoms with E-state index < -0.39 is 12.1 Å². The lowest BCUT2D eigenvalue weighted by Crippen LogP contribution is -2.48. The summed E-state index contributed by atoms with van der Waals surface area (Å²) in [7, 11) is 0. The van der Waals surface area contributed by atoms with Crippen molar-refractivity contribution < 1.29 is 19.1 Å². The van der Waals surface area contributed by atoms with E-state index in [9.17, 15) is 14.4 Å². The number of carbonyl (C=O) groups is 3. The molecule has 0 fully saturated rings. The topological polar surface area (TPSA) is 75.7 Å². The van der Waals surface area contributed by atoms with E-state index in [0.717, 1.165) is 11.1 Å². The van der Waals surface area contributed by atoms with Crippen molar-refractivity contribution in [3.8, 4) is 0 Å². The molecule has 1 aromatic rings. The maximum Gasteiger partial charge on any atom is 0.326 e. The van der Waals surface area contributed by atoms with Crippen molar-refractivity contribution >= 4 is 17.8 Å². The first-order valence-electron chi connectivity index (χ1n) is 8.91. The molecule has 1 N–H and O–H groups in total. The molecule has 1 atom stereocenters. The van der Waals surface area contributed by atoms with Crippen molar-refractivity contribution in [1.82, 2.24) is 10.2 Å². The van der Waals surface area contributed by atoms with Gasteiger partial charge in [-0.25, -0.2) is 0 Å². The highest BCUT2D eigenvalue weighted by Gasteiger charge is 2.27. The molecular formula is C20H30N2O4. The summed E-state index contributed by atoms with van der Waals surface area (Å²) < 4.78 is 5.18. The number of hydrogen-bond donors (Lipinski definition) is 1. The molecule has 0 aromatic heterocycles. The van der Waals surface area contributed by atoms with Gasteiger partial charge in [-0.15, -0.1) is 0 Å². The van der Waals surface area contributed by atoms with E-state index in [1.165, 1.54) is 0 Å². The van der Waals surface area contributed by atoms with Crippen LogP contribution in [0.1, 0.15) is 56.1 Å². The predicted molar refractivity (Wildman–Crippen MR) is 101 cm³/mol. The number of carbonyl (C=O) groups excluding carboxylic acids is 3. The van der Waals surface area contributed by atoms with Gasteiger partial charge in [0.2, 0.25) is 0 Å². The Bertz CT molecular complexity index is 660. The number of benzene rings is 1. The molecule has 144 valence electrons.